The van der Waals surface area contributed by atoms with E-state index < -0.39 is 0 Å². The average molecular weight is 310 g/mol. The van der Waals surface area contributed by atoms with Gasteiger partial charge in [0, 0.05) is 16.8 Å². The van der Waals surface area contributed by atoms with Crippen molar-refractivity contribution >= 4 is 29.0 Å². The predicted octanol–water partition coefficient (Wildman–Crippen LogP) is 2.47. The first kappa shape index (κ1) is 14.8. The van der Waals surface area contributed by atoms with Crippen LogP contribution in [0.4, 0.5) is 11.4 Å². The number of Topliss-reactive ketones (excluding diaryl/α,β-unsaturated/α-hetero) is 1. The monoisotopic (exact) mass is 310 g/mol. The van der Waals surface area contributed by atoms with Crippen LogP contribution >= 0.6 is 0 Å². The molecule has 2 aromatic carbocycles. The molecule has 1 heterocycles. The summed E-state index contributed by atoms with van der Waals surface area (Å²) in [6, 6.07) is 11.5. The van der Waals surface area contributed by atoms with Gasteiger partial charge in [-0.1, -0.05) is 0 Å². The number of rotatable bonds is 3. The molecule has 0 spiro atoms. The molecule has 0 fully saturated rings. The van der Waals surface area contributed by atoms with Crippen LogP contribution in [0.3, 0.4) is 0 Å². The van der Waals surface area contributed by atoms with Crippen LogP contribution in [0.15, 0.2) is 42.5 Å². The number of amides is 2. The van der Waals surface area contributed by atoms with Crippen molar-refractivity contribution in [2.75, 3.05) is 17.2 Å². The molecule has 0 aliphatic carbocycles. The number of nitrogens with one attached hydrogen (secondary N) is 2. The maximum absolute atomic E-state index is 12.3. The van der Waals surface area contributed by atoms with Crippen LogP contribution in [0.5, 0.6) is 5.75 Å². The molecule has 23 heavy (non-hydrogen) atoms. The standard InChI is InChI=1S/C17H14N2O4/c1-10(20)11-2-5-13(6-3-11)18-17(22)12-4-7-14-15(8-12)23-9-16(21)19-14/h2-8H,9H2,1H3,(H,18,22)(H,19,21). The zero-order valence-corrected chi connectivity index (χ0v) is 12.4. The summed E-state index contributed by atoms with van der Waals surface area (Å²) in [5.74, 6) is -0.0925. The average Bonchev–Trinajstić information content (AvgIpc) is 2.54. The van der Waals surface area contributed by atoms with E-state index in [1.165, 1.54) is 6.92 Å². The highest BCUT2D eigenvalue weighted by Crippen LogP contribution is 2.28. The van der Waals surface area contributed by atoms with E-state index in [1.54, 1.807) is 42.5 Å². The van der Waals surface area contributed by atoms with Gasteiger partial charge >= 0.3 is 0 Å². The lowest BCUT2D eigenvalue weighted by molar-refractivity contribution is -0.118. The summed E-state index contributed by atoms with van der Waals surface area (Å²) < 4.78 is 5.29. The van der Waals surface area contributed by atoms with E-state index in [0.29, 0.717) is 28.3 Å². The molecule has 0 atom stereocenters. The fourth-order valence-electron chi connectivity index (χ4n) is 2.21. The van der Waals surface area contributed by atoms with E-state index in [9.17, 15) is 14.4 Å². The Balaban J connectivity index is 1.75. The Hall–Kier alpha value is -3.15. The van der Waals surface area contributed by atoms with E-state index in [-0.39, 0.29) is 24.2 Å². The molecule has 2 amide bonds. The molecule has 1 aliphatic heterocycles. The molecular formula is C17H14N2O4. The second kappa shape index (κ2) is 5.92. The first-order valence-corrected chi connectivity index (χ1v) is 7.02. The molecule has 1 aliphatic rings. The Morgan fingerprint density at radius 1 is 1.09 bits per heavy atom. The van der Waals surface area contributed by atoms with Gasteiger partial charge in [-0.3, -0.25) is 14.4 Å². The third-order valence-corrected chi connectivity index (χ3v) is 3.43. The number of ketones is 1. The largest absolute Gasteiger partial charge is 0.482 e. The van der Waals surface area contributed by atoms with Gasteiger partial charge in [0.15, 0.2) is 12.4 Å². The molecule has 0 saturated heterocycles. The maximum Gasteiger partial charge on any atom is 0.262 e. The predicted molar refractivity (Wildman–Crippen MR) is 85.0 cm³/mol. The first-order valence-electron chi connectivity index (χ1n) is 7.02. The highest BCUT2D eigenvalue weighted by atomic mass is 16.5. The van der Waals surface area contributed by atoms with E-state index in [2.05, 4.69) is 10.6 Å². The second-order valence-electron chi connectivity index (χ2n) is 5.14. The summed E-state index contributed by atoms with van der Waals surface area (Å²) in [5.41, 5.74) is 2.13. The summed E-state index contributed by atoms with van der Waals surface area (Å²) in [6.45, 7) is 1.42. The summed E-state index contributed by atoms with van der Waals surface area (Å²) in [7, 11) is 0. The molecule has 3 rings (SSSR count). The van der Waals surface area contributed by atoms with Crippen LogP contribution < -0.4 is 15.4 Å². The van der Waals surface area contributed by atoms with Crippen LogP contribution in [0.2, 0.25) is 0 Å². The minimum Gasteiger partial charge on any atom is -0.482 e. The lowest BCUT2D eigenvalue weighted by atomic mass is 10.1. The van der Waals surface area contributed by atoms with Gasteiger partial charge in [-0.15, -0.1) is 0 Å². The second-order valence-corrected chi connectivity index (χ2v) is 5.14. The number of fused-ring (bicyclic) bond motifs is 1. The van der Waals surface area contributed by atoms with Crippen molar-refractivity contribution in [3.8, 4) is 5.75 Å². The van der Waals surface area contributed by atoms with Crippen molar-refractivity contribution in [1.29, 1.82) is 0 Å². The van der Waals surface area contributed by atoms with Gasteiger partial charge in [0.1, 0.15) is 5.75 Å². The molecule has 0 saturated carbocycles. The number of ether oxygens (including phenoxy) is 1. The number of anilines is 2. The molecule has 116 valence electrons. The van der Waals surface area contributed by atoms with Gasteiger partial charge in [-0.2, -0.15) is 0 Å². The third-order valence-electron chi connectivity index (χ3n) is 3.43. The highest BCUT2D eigenvalue weighted by Gasteiger charge is 2.17. The molecule has 2 N–H and O–H groups in total. The van der Waals surface area contributed by atoms with Crippen LogP contribution in [0.25, 0.3) is 0 Å². The minimum absolute atomic E-state index is 0.0308. The quantitative estimate of drug-likeness (QED) is 0.853. The number of hydrogen-bond acceptors (Lipinski definition) is 4. The van der Waals surface area contributed by atoms with Gasteiger partial charge in [0.05, 0.1) is 5.69 Å². The van der Waals surface area contributed by atoms with Crippen molar-refractivity contribution in [2.24, 2.45) is 0 Å². The van der Waals surface area contributed by atoms with E-state index in [4.69, 9.17) is 4.74 Å². The number of benzene rings is 2. The number of carbonyl (C=O) groups excluding carboxylic acids is 3. The van der Waals surface area contributed by atoms with E-state index >= 15 is 0 Å². The van der Waals surface area contributed by atoms with Crippen molar-refractivity contribution in [3.63, 3.8) is 0 Å². The van der Waals surface area contributed by atoms with Crippen LogP contribution in [-0.4, -0.2) is 24.2 Å². The molecule has 0 unspecified atom stereocenters. The summed E-state index contributed by atoms with van der Waals surface area (Å²) in [4.78, 5) is 34.7. The Morgan fingerprint density at radius 3 is 2.48 bits per heavy atom. The van der Waals surface area contributed by atoms with Crippen molar-refractivity contribution < 1.29 is 19.1 Å². The molecule has 6 heteroatoms. The molecule has 0 aromatic heterocycles. The van der Waals surface area contributed by atoms with Crippen molar-refractivity contribution in [3.05, 3.63) is 53.6 Å². The smallest absolute Gasteiger partial charge is 0.262 e. The highest BCUT2D eigenvalue weighted by molar-refractivity contribution is 6.06. The Labute approximate surface area is 132 Å². The first-order chi connectivity index (χ1) is 11.0. The molecule has 2 aromatic rings. The zero-order chi connectivity index (χ0) is 16.4. The zero-order valence-electron chi connectivity index (χ0n) is 12.4. The lowest BCUT2D eigenvalue weighted by Crippen LogP contribution is -2.25. The van der Waals surface area contributed by atoms with Crippen molar-refractivity contribution in [1.82, 2.24) is 0 Å². The van der Waals surface area contributed by atoms with Gasteiger partial charge in [-0.25, -0.2) is 0 Å². The number of hydrogen-bond donors (Lipinski definition) is 2. The molecular weight excluding hydrogens is 296 g/mol. The summed E-state index contributed by atoms with van der Waals surface area (Å²) in [6.07, 6.45) is 0. The van der Waals surface area contributed by atoms with Gasteiger partial charge in [-0.05, 0) is 49.4 Å². The number of carbonyl (C=O) groups is 3. The lowest BCUT2D eigenvalue weighted by Gasteiger charge is -2.18. The van der Waals surface area contributed by atoms with E-state index in [0.717, 1.165) is 0 Å². The minimum atomic E-state index is -0.302. The van der Waals surface area contributed by atoms with Gasteiger partial charge in [0.2, 0.25) is 0 Å². The molecule has 6 nitrogen and oxygen atoms in total. The Morgan fingerprint density at radius 2 is 1.78 bits per heavy atom. The normalized spacial score (nSPS) is 12.7. The van der Waals surface area contributed by atoms with Crippen LogP contribution in [-0.2, 0) is 4.79 Å². The fourth-order valence-corrected chi connectivity index (χ4v) is 2.21. The summed E-state index contributed by atoms with van der Waals surface area (Å²) >= 11 is 0. The van der Waals surface area contributed by atoms with Gasteiger partial charge < -0.3 is 15.4 Å². The van der Waals surface area contributed by atoms with Gasteiger partial charge in [0.25, 0.3) is 11.8 Å². The topological polar surface area (TPSA) is 84.5 Å². The van der Waals surface area contributed by atoms with E-state index in [1.807, 2.05) is 0 Å². The Bertz CT molecular complexity index is 797. The SMILES string of the molecule is CC(=O)c1ccc(NC(=O)c2ccc3c(c2)OCC(=O)N3)cc1. The maximum atomic E-state index is 12.3. The van der Waals surface area contributed by atoms with Crippen LogP contribution in [0.1, 0.15) is 27.6 Å². The molecule has 0 bridgehead atoms. The van der Waals surface area contributed by atoms with Crippen molar-refractivity contribution in [2.45, 2.75) is 6.92 Å². The third kappa shape index (κ3) is 3.21. The van der Waals surface area contributed by atoms with Crippen LogP contribution in [0, 0.1) is 0 Å². The fraction of sp³-hybridized carbons (Fsp3) is 0.118. The summed E-state index contributed by atoms with van der Waals surface area (Å²) in [5, 5.41) is 5.41. The molecule has 0 radical (unpaired) electrons. The Kier molecular flexibility index (Phi) is 3.80.